The van der Waals surface area contributed by atoms with E-state index in [1.54, 1.807) is 12.1 Å². The van der Waals surface area contributed by atoms with Crippen molar-refractivity contribution >= 4 is 11.8 Å². The molecule has 2 aromatic rings. The molecule has 0 radical (unpaired) electrons. The van der Waals surface area contributed by atoms with Crippen molar-refractivity contribution < 1.29 is 44.3 Å². The zero-order valence-electron chi connectivity index (χ0n) is 12.1. The second kappa shape index (κ2) is 6.14. The second-order valence-corrected chi connectivity index (χ2v) is 5.09. The summed E-state index contributed by atoms with van der Waals surface area (Å²) in [5, 5.41) is 10.9. The van der Waals surface area contributed by atoms with Crippen LogP contribution in [0.1, 0.15) is 43.0 Å². The van der Waals surface area contributed by atoms with E-state index in [9.17, 15) is 14.7 Å². The summed E-state index contributed by atoms with van der Waals surface area (Å²) >= 11 is 0. The maximum Gasteiger partial charge on any atom is 1.00 e. The van der Waals surface area contributed by atoms with Crippen LogP contribution < -0.4 is 34.7 Å². The van der Waals surface area contributed by atoms with Crippen LogP contribution in [0, 0.1) is 6.92 Å². The van der Waals surface area contributed by atoms with Gasteiger partial charge in [-0.15, -0.1) is 0 Å². The molecule has 0 fully saturated rings. The van der Waals surface area contributed by atoms with E-state index in [2.05, 4.69) is 0 Å². The number of carbonyl (C=O) groups is 2. The minimum atomic E-state index is -1.21. The molecule has 0 heterocycles. The van der Waals surface area contributed by atoms with Crippen molar-refractivity contribution in [2.24, 2.45) is 0 Å². The Morgan fingerprint density at radius 3 is 2.57 bits per heavy atom. The Morgan fingerprint density at radius 1 is 1.10 bits per heavy atom. The fourth-order valence-electron chi connectivity index (χ4n) is 2.80. The molecule has 0 atom stereocenters. The molecule has 0 amide bonds. The molecule has 3 nitrogen and oxygen atoms in total. The van der Waals surface area contributed by atoms with Gasteiger partial charge in [0.05, 0.1) is 5.97 Å². The van der Waals surface area contributed by atoms with Crippen LogP contribution in [-0.2, 0) is 12.8 Å². The molecule has 1 aliphatic carbocycles. The van der Waals surface area contributed by atoms with Gasteiger partial charge in [-0.25, -0.2) is 0 Å². The average Bonchev–Trinajstić information content (AvgIpc) is 2.57. The minimum absolute atomic E-state index is 0. The monoisotopic (exact) mass is 288 g/mol. The van der Waals surface area contributed by atoms with Crippen molar-refractivity contribution in [3.8, 4) is 0 Å². The smallest absolute Gasteiger partial charge is 0.545 e. The Balaban J connectivity index is 0.00000161. The molecule has 0 saturated carbocycles. The molecule has 0 N–H and O–H groups in total. The van der Waals surface area contributed by atoms with Gasteiger partial charge >= 0.3 is 29.6 Å². The number of hydrogen-bond acceptors (Lipinski definition) is 3. The standard InChI is InChI=1S/C17H14O3.Na/c1-10-3-2-4-15-13(10)7-5-11-9-12(17(19)20)6-8-14(11)16(15)18;/h2-4,6,8-9H,5,7H2,1H3,(H,19,20);/q;+1/p-1. The molecule has 0 aliphatic heterocycles. The fourth-order valence-corrected chi connectivity index (χ4v) is 2.80. The van der Waals surface area contributed by atoms with Gasteiger partial charge in [0, 0.05) is 11.1 Å². The Morgan fingerprint density at radius 2 is 1.86 bits per heavy atom. The van der Waals surface area contributed by atoms with E-state index in [1.165, 1.54) is 6.07 Å². The molecule has 0 saturated heterocycles. The van der Waals surface area contributed by atoms with Gasteiger partial charge in [0.1, 0.15) is 0 Å². The number of carboxylic acid groups (broad SMARTS) is 1. The predicted molar refractivity (Wildman–Crippen MR) is 72.8 cm³/mol. The van der Waals surface area contributed by atoms with Gasteiger partial charge in [0.25, 0.3) is 0 Å². The van der Waals surface area contributed by atoms with Crippen LogP contribution in [0.2, 0.25) is 0 Å². The first kappa shape index (κ1) is 16.0. The average molecular weight is 288 g/mol. The van der Waals surface area contributed by atoms with E-state index < -0.39 is 5.97 Å². The Bertz CT molecular complexity index is 735. The van der Waals surface area contributed by atoms with Crippen LogP contribution in [0.5, 0.6) is 0 Å². The molecule has 100 valence electrons. The molecule has 4 heteroatoms. The zero-order valence-corrected chi connectivity index (χ0v) is 14.1. The summed E-state index contributed by atoms with van der Waals surface area (Å²) in [5.74, 6) is -1.24. The van der Waals surface area contributed by atoms with Gasteiger partial charge in [-0.2, -0.15) is 0 Å². The predicted octanol–water partition coefficient (Wildman–Crippen LogP) is -1.31. The van der Waals surface area contributed by atoms with Crippen LogP contribution in [0.25, 0.3) is 0 Å². The van der Waals surface area contributed by atoms with E-state index in [4.69, 9.17) is 0 Å². The van der Waals surface area contributed by atoms with Gasteiger partial charge in [0.2, 0.25) is 0 Å². The van der Waals surface area contributed by atoms with Crippen molar-refractivity contribution in [3.63, 3.8) is 0 Å². The molecule has 2 aromatic carbocycles. The van der Waals surface area contributed by atoms with Gasteiger partial charge in [0.15, 0.2) is 5.78 Å². The second-order valence-electron chi connectivity index (χ2n) is 5.09. The summed E-state index contributed by atoms with van der Waals surface area (Å²) in [6.45, 7) is 1.99. The summed E-state index contributed by atoms with van der Waals surface area (Å²) in [4.78, 5) is 23.5. The third kappa shape index (κ3) is 2.82. The van der Waals surface area contributed by atoms with Crippen LogP contribution >= 0.6 is 0 Å². The van der Waals surface area contributed by atoms with Gasteiger partial charge in [-0.05, 0) is 48.1 Å². The first-order chi connectivity index (χ1) is 9.58. The van der Waals surface area contributed by atoms with Crippen molar-refractivity contribution in [1.82, 2.24) is 0 Å². The quantitative estimate of drug-likeness (QED) is 0.612. The maximum atomic E-state index is 12.6. The maximum absolute atomic E-state index is 12.6. The van der Waals surface area contributed by atoms with Gasteiger partial charge < -0.3 is 9.90 Å². The number of aryl methyl sites for hydroxylation is 2. The first-order valence-electron chi connectivity index (χ1n) is 6.55. The number of benzene rings is 2. The van der Waals surface area contributed by atoms with Crippen molar-refractivity contribution in [1.29, 1.82) is 0 Å². The molecule has 3 rings (SSSR count). The molecular formula is C17H13NaO3. The first-order valence-corrected chi connectivity index (χ1v) is 6.55. The molecule has 1 aliphatic rings. The van der Waals surface area contributed by atoms with E-state index in [1.807, 2.05) is 25.1 Å². The summed E-state index contributed by atoms with van der Waals surface area (Å²) in [7, 11) is 0. The van der Waals surface area contributed by atoms with Crippen molar-refractivity contribution in [3.05, 3.63) is 69.8 Å². The number of aromatic carboxylic acids is 1. The number of carboxylic acids is 1. The summed E-state index contributed by atoms with van der Waals surface area (Å²) < 4.78 is 0. The van der Waals surface area contributed by atoms with Crippen molar-refractivity contribution in [2.45, 2.75) is 19.8 Å². The number of hydrogen-bond donors (Lipinski definition) is 0. The van der Waals surface area contributed by atoms with Crippen LogP contribution in [0.4, 0.5) is 0 Å². The van der Waals surface area contributed by atoms with E-state index >= 15 is 0 Å². The van der Waals surface area contributed by atoms with Crippen LogP contribution in [-0.4, -0.2) is 11.8 Å². The SMILES string of the molecule is Cc1cccc2c1CCc1cc(C(=O)[O-])ccc1C2=O.[Na+]. The summed E-state index contributed by atoms with van der Waals surface area (Å²) in [5.41, 5.74) is 4.39. The Hall–Kier alpha value is -1.42. The Kier molecular flexibility index (Phi) is 4.67. The Labute approximate surface area is 145 Å². The molecule has 21 heavy (non-hydrogen) atoms. The largest absolute Gasteiger partial charge is 1.00 e. The number of rotatable bonds is 1. The van der Waals surface area contributed by atoms with E-state index in [0.717, 1.165) is 28.7 Å². The number of fused-ring (bicyclic) bond motifs is 2. The molecule has 0 unspecified atom stereocenters. The molecular weight excluding hydrogens is 275 g/mol. The third-order valence-electron chi connectivity index (χ3n) is 3.88. The third-order valence-corrected chi connectivity index (χ3v) is 3.88. The molecule has 0 aromatic heterocycles. The molecule has 0 spiro atoms. The van der Waals surface area contributed by atoms with Crippen LogP contribution in [0.15, 0.2) is 36.4 Å². The zero-order chi connectivity index (χ0) is 14.3. The van der Waals surface area contributed by atoms with E-state index in [0.29, 0.717) is 12.0 Å². The van der Waals surface area contributed by atoms with Crippen LogP contribution in [0.3, 0.4) is 0 Å². The van der Waals surface area contributed by atoms with Crippen molar-refractivity contribution in [2.75, 3.05) is 0 Å². The van der Waals surface area contributed by atoms with Gasteiger partial charge in [-0.1, -0.05) is 30.3 Å². The normalized spacial score (nSPS) is 12.7. The summed E-state index contributed by atoms with van der Waals surface area (Å²) in [6.07, 6.45) is 1.41. The van der Waals surface area contributed by atoms with Gasteiger partial charge in [-0.3, -0.25) is 4.79 Å². The summed E-state index contributed by atoms with van der Waals surface area (Å²) in [6, 6.07) is 10.3. The van der Waals surface area contributed by atoms with E-state index in [-0.39, 0.29) is 40.9 Å². The number of carbonyl (C=O) groups excluding carboxylic acids is 2. The topological polar surface area (TPSA) is 57.2 Å². The number of ketones is 1. The molecule has 0 bridgehead atoms. The minimum Gasteiger partial charge on any atom is -0.545 e. The fraction of sp³-hybridized carbons (Fsp3) is 0.176.